The van der Waals surface area contributed by atoms with Gasteiger partial charge in [0, 0.05) is 24.3 Å². The Hall–Kier alpha value is -2.70. The van der Waals surface area contributed by atoms with Crippen LogP contribution < -0.4 is 5.32 Å². The zero-order chi connectivity index (χ0) is 16.0. The molecule has 0 radical (unpaired) electrons. The largest absolute Gasteiger partial charge is 0.481 e. The Labute approximate surface area is 121 Å². The summed E-state index contributed by atoms with van der Waals surface area (Å²) >= 11 is 0. The lowest BCUT2D eigenvalue weighted by Gasteiger charge is -2.16. The van der Waals surface area contributed by atoms with E-state index in [1.165, 1.54) is 37.3 Å². The average Bonchev–Trinajstić information content (AvgIpc) is 2.44. The van der Waals surface area contributed by atoms with E-state index in [1.807, 2.05) is 0 Å². The van der Waals surface area contributed by atoms with Crippen LogP contribution in [-0.2, 0) is 9.59 Å². The molecule has 0 saturated heterocycles. The Balaban J connectivity index is 2.68. The molecule has 1 aromatic carbocycles. The smallest absolute Gasteiger partial charge is 0.308 e. The molecule has 1 aromatic rings. The molecule has 0 bridgehead atoms. The van der Waals surface area contributed by atoms with Gasteiger partial charge in [0.15, 0.2) is 0 Å². The lowest BCUT2D eigenvalue weighted by Crippen LogP contribution is -2.39. The third-order valence-electron chi connectivity index (χ3n) is 3.02. The minimum absolute atomic E-state index is 0.0644. The van der Waals surface area contributed by atoms with Gasteiger partial charge in [0.2, 0.25) is 5.91 Å². The fraction of sp³-hybridized carbons (Fsp3) is 0.286. The molecule has 2 N–H and O–H groups in total. The summed E-state index contributed by atoms with van der Waals surface area (Å²) in [4.78, 5) is 32.5. The van der Waals surface area contributed by atoms with E-state index in [9.17, 15) is 19.7 Å². The second-order valence-electron chi connectivity index (χ2n) is 4.61. The van der Waals surface area contributed by atoms with Crippen LogP contribution in [0.2, 0.25) is 0 Å². The number of carbonyl (C=O) groups excluding carboxylic acids is 1. The fourth-order valence-corrected chi connectivity index (χ4v) is 1.53. The number of nitro benzene ring substituents is 1. The van der Waals surface area contributed by atoms with Gasteiger partial charge >= 0.3 is 5.97 Å². The van der Waals surface area contributed by atoms with Gasteiger partial charge in [0.25, 0.3) is 5.69 Å². The molecule has 0 spiro atoms. The number of carbonyl (C=O) groups is 2. The number of carboxylic acids is 1. The van der Waals surface area contributed by atoms with Gasteiger partial charge in [-0.2, -0.15) is 0 Å². The Bertz CT molecular complexity index is 582. The summed E-state index contributed by atoms with van der Waals surface area (Å²) in [7, 11) is 0. The van der Waals surface area contributed by atoms with Crippen LogP contribution in [0, 0.1) is 16.0 Å². The third-order valence-corrected chi connectivity index (χ3v) is 3.02. The van der Waals surface area contributed by atoms with Gasteiger partial charge in [0.05, 0.1) is 10.8 Å². The summed E-state index contributed by atoms with van der Waals surface area (Å²) in [5, 5.41) is 22.0. The van der Waals surface area contributed by atoms with Crippen LogP contribution >= 0.6 is 0 Å². The summed E-state index contributed by atoms with van der Waals surface area (Å²) in [6.45, 7) is 3.09. The lowest BCUT2D eigenvalue weighted by molar-refractivity contribution is -0.384. The minimum Gasteiger partial charge on any atom is -0.481 e. The molecule has 1 rings (SSSR count). The number of rotatable bonds is 6. The molecule has 2 atom stereocenters. The molecule has 112 valence electrons. The number of hydrogen-bond acceptors (Lipinski definition) is 4. The number of amides is 1. The van der Waals surface area contributed by atoms with Crippen molar-refractivity contribution in [2.24, 2.45) is 5.92 Å². The number of aliphatic carboxylic acids is 1. The van der Waals surface area contributed by atoms with Gasteiger partial charge < -0.3 is 10.4 Å². The van der Waals surface area contributed by atoms with E-state index in [2.05, 4.69) is 5.32 Å². The Morgan fingerprint density at radius 2 is 2.05 bits per heavy atom. The van der Waals surface area contributed by atoms with E-state index in [0.717, 1.165) is 0 Å². The van der Waals surface area contributed by atoms with Crippen LogP contribution in [0.4, 0.5) is 5.69 Å². The minimum atomic E-state index is -0.995. The van der Waals surface area contributed by atoms with E-state index in [0.29, 0.717) is 5.56 Å². The van der Waals surface area contributed by atoms with Gasteiger partial charge in [0.1, 0.15) is 0 Å². The molecule has 0 aromatic heterocycles. The topological polar surface area (TPSA) is 110 Å². The molecule has 0 aliphatic heterocycles. The molecule has 0 aliphatic rings. The second kappa shape index (κ2) is 7.18. The van der Waals surface area contributed by atoms with Crippen molar-refractivity contribution in [3.8, 4) is 0 Å². The van der Waals surface area contributed by atoms with Gasteiger partial charge in [-0.05, 0) is 25.5 Å². The third kappa shape index (κ3) is 5.06. The number of nitro groups is 1. The molecule has 7 heteroatoms. The van der Waals surface area contributed by atoms with Crippen molar-refractivity contribution >= 4 is 23.6 Å². The SMILES string of the molecule is CC(NC(=O)/C=C/c1cccc([N+](=O)[O-])c1)C(C)C(=O)O. The highest BCUT2D eigenvalue weighted by Crippen LogP contribution is 2.14. The zero-order valence-electron chi connectivity index (χ0n) is 11.6. The molecule has 0 heterocycles. The van der Waals surface area contributed by atoms with Crippen LogP contribution in [0.1, 0.15) is 19.4 Å². The maximum atomic E-state index is 11.6. The van der Waals surface area contributed by atoms with Gasteiger partial charge in [-0.25, -0.2) is 0 Å². The summed E-state index contributed by atoms with van der Waals surface area (Å²) in [6, 6.07) is 5.32. The van der Waals surface area contributed by atoms with Crippen molar-refractivity contribution in [2.75, 3.05) is 0 Å². The molecular weight excluding hydrogens is 276 g/mol. The quantitative estimate of drug-likeness (QED) is 0.472. The van der Waals surface area contributed by atoms with Crippen LogP contribution in [0.3, 0.4) is 0 Å². The highest BCUT2D eigenvalue weighted by molar-refractivity contribution is 5.92. The van der Waals surface area contributed by atoms with E-state index < -0.39 is 28.8 Å². The molecule has 0 saturated carbocycles. The van der Waals surface area contributed by atoms with Crippen molar-refractivity contribution in [1.82, 2.24) is 5.32 Å². The maximum absolute atomic E-state index is 11.6. The normalized spacial score (nSPS) is 13.6. The first kappa shape index (κ1) is 16.4. The highest BCUT2D eigenvalue weighted by atomic mass is 16.6. The van der Waals surface area contributed by atoms with Crippen molar-refractivity contribution in [2.45, 2.75) is 19.9 Å². The molecule has 2 unspecified atom stereocenters. The first-order valence-electron chi connectivity index (χ1n) is 6.27. The van der Waals surface area contributed by atoms with Crippen molar-refractivity contribution < 1.29 is 19.6 Å². The molecule has 0 fully saturated rings. The first-order chi connectivity index (χ1) is 9.81. The molecular formula is C14H16N2O5. The predicted octanol–water partition coefficient (Wildman–Crippen LogP) is 1.83. The van der Waals surface area contributed by atoms with Crippen molar-refractivity contribution in [3.05, 3.63) is 46.0 Å². The van der Waals surface area contributed by atoms with Crippen molar-refractivity contribution in [3.63, 3.8) is 0 Å². The van der Waals surface area contributed by atoms with Crippen LogP contribution in [0.5, 0.6) is 0 Å². The van der Waals surface area contributed by atoms with E-state index in [1.54, 1.807) is 13.0 Å². The Morgan fingerprint density at radius 1 is 1.38 bits per heavy atom. The van der Waals surface area contributed by atoms with Crippen LogP contribution in [0.25, 0.3) is 6.08 Å². The van der Waals surface area contributed by atoms with E-state index in [4.69, 9.17) is 5.11 Å². The Morgan fingerprint density at radius 3 is 2.62 bits per heavy atom. The van der Waals surface area contributed by atoms with Crippen molar-refractivity contribution in [1.29, 1.82) is 0 Å². The number of benzene rings is 1. The predicted molar refractivity (Wildman–Crippen MR) is 76.5 cm³/mol. The Kier molecular flexibility index (Phi) is 5.59. The lowest BCUT2D eigenvalue weighted by atomic mass is 10.0. The molecule has 21 heavy (non-hydrogen) atoms. The molecule has 7 nitrogen and oxygen atoms in total. The molecule has 1 amide bonds. The first-order valence-corrected chi connectivity index (χ1v) is 6.27. The van der Waals surface area contributed by atoms with E-state index >= 15 is 0 Å². The summed E-state index contributed by atoms with van der Waals surface area (Å²) in [5.41, 5.74) is 0.448. The zero-order valence-corrected chi connectivity index (χ0v) is 11.6. The number of hydrogen-bond donors (Lipinski definition) is 2. The summed E-state index contributed by atoms with van der Waals surface area (Å²) < 4.78 is 0. The molecule has 0 aliphatic carbocycles. The van der Waals surface area contributed by atoms with Gasteiger partial charge in [-0.15, -0.1) is 0 Å². The number of nitrogens with one attached hydrogen (secondary N) is 1. The second-order valence-corrected chi connectivity index (χ2v) is 4.61. The van der Waals surface area contributed by atoms with Crippen LogP contribution in [-0.4, -0.2) is 27.9 Å². The number of carboxylic acid groups (broad SMARTS) is 1. The highest BCUT2D eigenvalue weighted by Gasteiger charge is 2.19. The van der Waals surface area contributed by atoms with E-state index in [-0.39, 0.29) is 5.69 Å². The maximum Gasteiger partial charge on any atom is 0.308 e. The number of nitrogens with zero attached hydrogens (tertiary/aromatic N) is 1. The summed E-state index contributed by atoms with van der Waals surface area (Å²) in [5.74, 6) is -2.16. The standard InChI is InChI=1S/C14H16N2O5/c1-9(14(18)19)10(2)15-13(17)7-6-11-4-3-5-12(8-11)16(20)21/h3-10H,1-2H3,(H,15,17)(H,18,19)/b7-6+. The van der Waals surface area contributed by atoms with Gasteiger partial charge in [-0.3, -0.25) is 19.7 Å². The average molecular weight is 292 g/mol. The summed E-state index contributed by atoms with van der Waals surface area (Å²) in [6.07, 6.45) is 2.64. The fourth-order valence-electron chi connectivity index (χ4n) is 1.53. The number of non-ortho nitro benzene ring substituents is 1. The monoisotopic (exact) mass is 292 g/mol. The van der Waals surface area contributed by atoms with Crippen LogP contribution in [0.15, 0.2) is 30.3 Å². The van der Waals surface area contributed by atoms with Gasteiger partial charge in [-0.1, -0.05) is 12.1 Å².